The zero-order chi connectivity index (χ0) is 12.6. The summed E-state index contributed by atoms with van der Waals surface area (Å²) in [5.74, 6) is -1.94. The van der Waals surface area contributed by atoms with E-state index in [-0.39, 0.29) is 6.61 Å². The Kier molecular flexibility index (Phi) is 2.63. The molecule has 0 radical (unpaired) electrons. The molecule has 1 aromatic rings. The van der Waals surface area contributed by atoms with Gasteiger partial charge in [0.25, 0.3) is 0 Å². The standard InChI is InChI=1S/C11H13N3O3/c1-2-17-11(16)9-5-3-6(12)7(13)4-8(5)14-10(9)15/h3-4,9H,2,12-13H2,1H3,(H,14,15). The van der Waals surface area contributed by atoms with E-state index in [0.29, 0.717) is 22.6 Å². The maximum absolute atomic E-state index is 11.7. The minimum atomic E-state index is -0.951. The van der Waals surface area contributed by atoms with Crippen molar-refractivity contribution < 1.29 is 14.3 Å². The highest BCUT2D eigenvalue weighted by Gasteiger charge is 2.38. The first-order valence-electron chi connectivity index (χ1n) is 5.21. The summed E-state index contributed by atoms with van der Waals surface area (Å²) in [6.07, 6.45) is 0. The predicted molar refractivity (Wildman–Crippen MR) is 63.3 cm³/mol. The molecule has 0 bridgehead atoms. The number of nitrogens with one attached hydrogen (secondary N) is 1. The molecule has 0 saturated carbocycles. The second kappa shape index (κ2) is 3.97. The number of hydrogen-bond acceptors (Lipinski definition) is 5. The lowest BCUT2D eigenvalue weighted by Crippen LogP contribution is -2.23. The van der Waals surface area contributed by atoms with Crippen molar-refractivity contribution in [1.29, 1.82) is 0 Å². The number of fused-ring (bicyclic) bond motifs is 1. The number of nitrogens with two attached hydrogens (primary N) is 2. The Morgan fingerprint density at radius 2 is 2.06 bits per heavy atom. The van der Waals surface area contributed by atoms with Crippen molar-refractivity contribution in [2.75, 3.05) is 23.4 Å². The quantitative estimate of drug-likeness (QED) is 0.392. The highest BCUT2D eigenvalue weighted by molar-refractivity contribution is 6.15. The van der Waals surface area contributed by atoms with Crippen LogP contribution in [0.4, 0.5) is 17.1 Å². The molecule has 90 valence electrons. The molecule has 0 saturated heterocycles. The zero-order valence-electron chi connectivity index (χ0n) is 9.32. The Labute approximate surface area is 97.9 Å². The van der Waals surface area contributed by atoms with Gasteiger partial charge in [-0.2, -0.15) is 0 Å². The number of benzene rings is 1. The van der Waals surface area contributed by atoms with Gasteiger partial charge in [-0.05, 0) is 19.1 Å². The molecule has 1 atom stereocenters. The number of carbonyl (C=O) groups excluding carboxylic acids is 2. The van der Waals surface area contributed by atoms with E-state index >= 15 is 0 Å². The van der Waals surface area contributed by atoms with Gasteiger partial charge in [-0.15, -0.1) is 0 Å². The molecule has 1 aromatic carbocycles. The molecule has 0 spiro atoms. The van der Waals surface area contributed by atoms with Crippen molar-refractivity contribution >= 4 is 28.9 Å². The van der Waals surface area contributed by atoms with E-state index in [1.165, 1.54) is 6.07 Å². The van der Waals surface area contributed by atoms with Crippen LogP contribution < -0.4 is 16.8 Å². The molecule has 6 heteroatoms. The fraction of sp³-hybridized carbons (Fsp3) is 0.273. The van der Waals surface area contributed by atoms with Gasteiger partial charge in [0, 0.05) is 11.3 Å². The normalized spacial score (nSPS) is 17.5. The van der Waals surface area contributed by atoms with E-state index in [1.807, 2.05) is 0 Å². The van der Waals surface area contributed by atoms with E-state index in [1.54, 1.807) is 13.0 Å². The molecule has 6 nitrogen and oxygen atoms in total. The van der Waals surface area contributed by atoms with Gasteiger partial charge in [-0.3, -0.25) is 9.59 Å². The number of esters is 1. The summed E-state index contributed by atoms with van der Waals surface area (Å²) in [7, 11) is 0. The maximum atomic E-state index is 11.7. The summed E-state index contributed by atoms with van der Waals surface area (Å²) in [6, 6.07) is 3.08. The Morgan fingerprint density at radius 1 is 1.41 bits per heavy atom. The summed E-state index contributed by atoms with van der Waals surface area (Å²) < 4.78 is 4.85. The van der Waals surface area contributed by atoms with Crippen molar-refractivity contribution in [3.05, 3.63) is 17.7 Å². The largest absolute Gasteiger partial charge is 0.465 e. The van der Waals surface area contributed by atoms with Crippen LogP contribution in [0, 0.1) is 0 Å². The Hall–Kier alpha value is -2.24. The second-order valence-electron chi connectivity index (χ2n) is 3.74. The summed E-state index contributed by atoms with van der Waals surface area (Å²) in [4.78, 5) is 23.3. The number of hydrogen-bond donors (Lipinski definition) is 3. The molecule has 0 aliphatic carbocycles. The van der Waals surface area contributed by atoms with Gasteiger partial charge in [0.2, 0.25) is 5.91 Å². The van der Waals surface area contributed by atoms with Gasteiger partial charge in [0.1, 0.15) is 0 Å². The summed E-state index contributed by atoms with van der Waals surface area (Å²) in [5, 5.41) is 2.58. The molecule has 1 amide bonds. The Morgan fingerprint density at radius 3 is 2.71 bits per heavy atom. The highest BCUT2D eigenvalue weighted by atomic mass is 16.5. The number of carbonyl (C=O) groups is 2. The first kappa shape index (κ1) is 11.3. The minimum absolute atomic E-state index is 0.225. The molecular formula is C11H13N3O3. The van der Waals surface area contributed by atoms with Gasteiger partial charge in [0.15, 0.2) is 5.92 Å². The van der Waals surface area contributed by atoms with E-state index in [9.17, 15) is 9.59 Å². The van der Waals surface area contributed by atoms with E-state index in [4.69, 9.17) is 16.2 Å². The molecule has 5 N–H and O–H groups in total. The molecule has 0 fully saturated rings. The smallest absolute Gasteiger partial charge is 0.323 e. The lowest BCUT2D eigenvalue weighted by molar-refractivity contribution is -0.147. The van der Waals surface area contributed by atoms with E-state index < -0.39 is 17.8 Å². The van der Waals surface area contributed by atoms with Crippen LogP contribution in [0.5, 0.6) is 0 Å². The lowest BCUT2D eigenvalue weighted by Gasteiger charge is -2.09. The topological polar surface area (TPSA) is 107 Å². The fourth-order valence-electron chi connectivity index (χ4n) is 1.80. The number of rotatable bonds is 2. The minimum Gasteiger partial charge on any atom is -0.465 e. The average molecular weight is 235 g/mol. The van der Waals surface area contributed by atoms with Crippen LogP contribution >= 0.6 is 0 Å². The van der Waals surface area contributed by atoms with Gasteiger partial charge in [-0.25, -0.2) is 0 Å². The SMILES string of the molecule is CCOC(=O)C1C(=O)Nc2cc(N)c(N)cc21. The molecule has 0 aromatic heterocycles. The lowest BCUT2D eigenvalue weighted by atomic mass is 10.00. The third-order valence-corrected chi connectivity index (χ3v) is 2.61. The predicted octanol–water partition coefficient (Wildman–Crippen LogP) is 0.450. The summed E-state index contributed by atoms with van der Waals surface area (Å²) in [6.45, 7) is 1.91. The third kappa shape index (κ3) is 1.77. The van der Waals surface area contributed by atoms with Crippen LogP contribution in [-0.4, -0.2) is 18.5 Å². The molecule has 1 unspecified atom stereocenters. The van der Waals surface area contributed by atoms with Gasteiger partial charge in [0.05, 0.1) is 18.0 Å². The van der Waals surface area contributed by atoms with Crippen molar-refractivity contribution in [3.63, 3.8) is 0 Å². The van der Waals surface area contributed by atoms with Crippen molar-refractivity contribution in [3.8, 4) is 0 Å². The Balaban J connectivity index is 2.43. The molecule has 1 aliphatic rings. The van der Waals surface area contributed by atoms with Gasteiger partial charge < -0.3 is 21.5 Å². The molecule has 1 heterocycles. The van der Waals surface area contributed by atoms with Crippen LogP contribution in [0.25, 0.3) is 0 Å². The molecular weight excluding hydrogens is 222 g/mol. The van der Waals surface area contributed by atoms with Crippen LogP contribution in [0.2, 0.25) is 0 Å². The van der Waals surface area contributed by atoms with E-state index in [2.05, 4.69) is 5.32 Å². The monoisotopic (exact) mass is 235 g/mol. The van der Waals surface area contributed by atoms with E-state index in [0.717, 1.165) is 0 Å². The van der Waals surface area contributed by atoms with Crippen molar-refractivity contribution in [2.45, 2.75) is 12.8 Å². The van der Waals surface area contributed by atoms with Gasteiger partial charge in [-0.1, -0.05) is 0 Å². The zero-order valence-corrected chi connectivity index (χ0v) is 9.32. The summed E-state index contributed by atoms with van der Waals surface area (Å²) in [5.41, 5.74) is 13.0. The second-order valence-corrected chi connectivity index (χ2v) is 3.74. The first-order chi connectivity index (χ1) is 8.04. The van der Waals surface area contributed by atoms with Crippen LogP contribution in [0.15, 0.2) is 12.1 Å². The van der Waals surface area contributed by atoms with Crippen LogP contribution in [-0.2, 0) is 14.3 Å². The van der Waals surface area contributed by atoms with Gasteiger partial charge >= 0.3 is 5.97 Å². The number of ether oxygens (including phenoxy) is 1. The Bertz CT molecular complexity index is 499. The molecule has 1 aliphatic heterocycles. The van der Waals surface area contributed by atoms with Crippen LogP contribution in [0.1, 0.15) is 18.4 Å². The maximum Gasteiger partial charge on any atom is 0.323 e. The highest BCUT2D eigenvalue weighted by Crippen LogP contribution is 2.37. The number of nitrogen functional groups attached to an aromatic ring is 2. The third-order valence-electron chi connectivity index (χ3n) is 2.61. The molecule has 17 heavy (non-hydrogen) atoms. The van der Waals surface area contributed by atoms with Crippen LogP contribution in [0.3, 0.4) is 0 Å². The summed E-state index contributed by atoms with van der Waals surface area (Å²) >= 11 is 0. The number of amides is 1. The first-order valence-corrected chi connectivity index (χ1v) is 5.21. The number of anilines is 3. The fourth-order valence-corrected chi connectivity index (χ4v) is 1.80. The van der Waals surface area contributed by atoms with Crippen molar-refractivity contribution in [1.82, 2.24) is 0 Å². The molecule has 2 rings (SSSR count). The average Bonchev–Trinajstić information content (AvgIpc) is 2.55. The van der Waals surface area contributed by atoms with Crippen molar-refractivity contribution in [2.24, 2.45) is 0 Å².